The van der Waals surface area contributed by atoms with Crippen LogP contribution in [-0.2, 0) is 17.8 Å². The van der Waals surface area contributed by atoms with E-state index in [0.29, 0.717) is 31.5 Å². The van der Waals surface area contributed by atoms with E-state index in [1.54, 1.807) is 7.05 Å². The van der Waals surface area contributed by atoms with E-state index in [0.717, 1.165) is 6.07 Å². The van der Waals surface area contributed by atoms with Gasteiger partial charge in [-0.1, -0.05) is 19.9 Å². The summed E-state index contributed by atoms with van der Waals surface area (Å²) in [6.07, 6.45) is 1.23. The zero-order chi connectivity index (χ0) is 24.0. The van der Waals surface area contributed by atoms with Gasteiger partial charge in [0.15, 0.2) is 24.0 Å². The Labute approximate surface area is 184 Å². The third-order valence-electron chi connectivity index (χ3n) is 4.90. The average molecular weight is 451 g/mol. The molecule has 2 N–H and O–H groups in total. The molecule has 10 heteroatoms. The minimum absolute atomic E-state index is 0.0794. The van der Waals surface area contributed by atoms with Gasteiger partial charge in [0.25, 0.3) is 5.91 Å². The maximum Gasteiger partial charge on any atom is 0.276 e. The van der Waals surface area contributed by atoms with E-state index in [9.17, 15) is 28.3 Å². The highest BCUT2D eigenvalue weighted by atomic mass is 19.1. The molecule has 0 radical (unpaired) electrons. The maximum absolute atomic E-state index is 12.8. The number of hydrogen-bond acceptors (Lipinski definition) is 6. The van der Waals surface area contributed by atoms with Gasteiger partial charge in [-0.2, -0.15) is 0 Å². The molecule has 1 fully saturated rings. The van der Waals surface area contributed by atoms with Crippen LogP contribution in [0.1, 0.15) is 47.2 Å². The molecule has 0 aliphatic carbocycles. The predicted octanol–water partition coefficient (Wildman–Crippen LogP) is 2.28. The summed E-state index contributed by atoms with van der Waals surface area (Å²) in [4.78, 5) is 36.3. The molecule has 1 saturated heterocycles. The summed E-state index contributed by atoms with van der Waals surface area (Å²) in [6.45, 7) is 6.96. The standard InChI is InChI=1S/C12H12N2O5.C8H9F2N.C2H6/c1-6-5-19-8-3-13-2-7(4-15)10(16)11(17)9(13)12(18)14(6)8;1-11-5-6-2-3-7(9)4-8(6)10;1-2/h2,4,6,8,17H,3,5H2,1H3;2-4,11H,5H2,1H3;1-2H3. The number of fused-ring (bicyclic) bond motifs is 2. The topological polar surface area (TPSA) is 101 Å². The number of rotatable bonds is 3. The fraction of sp³-hybridized carbons (Fsp3) is 0.409. The summed E-state index contributed by atoms with van der Waals surface area (Å²) < 4.78 is 32.0. The van der Waals surface area contributed by atoms with Crippen LogP contribution < -0.4 is 10.7 Å². The van der Waals surface area contributed by atoms with Gasteiger partial charge >= 0.3 is 0 Å². The van der Waals surface area contributed by atoms with Crippen molar-refractivity contribution in [3.05, 3.63) is 63.1 Å². The van der Waals surface area contributed by atoms with Gasteiger partial charge in [-0.15, -0.1) is 0 Å². The van der Waals surface area contributed by atoms with Gasteiger partial charge < -0.3 is 24.6 Å². The zero-order valence-electron chi connectivity index (χ0n) is 18.4. The zero-order valence-corrected chi connectivity index (χ0v) is 18.4. The summed E-state index contributed by atoms with van der Waals surface area (Å²) in [5, 5.41) is 12.6. The molecule has 4 rings (SSSR count). The minimum Gasteiger partial charge on any atom is -0.503 e. The summed E-state index contributed by atoms with van der Waals surface area (Å²) in [6, 6.07) is 3.45. The first-order chi connectivity index (χ1) is 15.3. The molecule has 0 saturated carbocycles. The summed E-state index contributed by atoms with van der Waals surface area (Å²) in [5.41, 5.74) is -0.590. The van der Waals surface area contributed by atoms with Gasteiger partial charge in [-0.3, -0.25) is 14.4 Å². The monoisotopic (exact) mass is 451 g/mol. The Hall–Kier alpha value is -3.11. The molecule has 174 valence electrons. The fourth-order valence-corrected chi connectivity index (χ4v) is 3.44. The molecule has 2 aliphatic heterocycles. The Morgan fingerprint density at radius 3 is 2.56 bits per heavy atom. The van der Waals surface area contributed by atoms with Gasteiger partial charge in [0.05, 0.1) is 24.8 Å². The number of ether oxygens (including phenoxy) is 1. The van der Waals surface area contributed by atoms with Crippen LogP contribution in [0.2, 0.25) is 0 Å². The predicted molar refractivity (Wildman–Crippen MR) is 114 cm³/mol. The third kappa shape index (κ3) is 5.03. The van der Waals surface area contributed by atoms with Gasteiger partial charge in [0.2, 0.25) is 5.43 Å². The van der Waals surface area contributed by atoms with Crippen molar-refractivity contribution in [2.45, 2.75) is 46.1 Å². The lowest BCUT2D eigenvalue weighted by Crippen LogP contribution is -2.48. The number of pyridine rings is 1. The second-order valence-corrected chi connectivity index (χ2v) is 7.00. The van der Waals surface area contributed by atoms with E-state index in [1.165, 1.54) is 27.8 Å². The molecule has 32 heavy (non-hydrogen) atoms. The number of aromatic hydroxyl groups is 1. The van der Waals surface area contributed by atoms with Crippen LogP contribution in [0, 0.1) is 11.6 Å². The molecular weight excluding hydrogens is 424 g/mol. The Morgan fingerprint density at radius 1 is 1.28 bits per heavy atom. The van der Waals surface area contributed by atoms with Crippen LogP contribution in [0.3, 0.4) is 0 Å². The number of nitrogens with zero attached hydrogens (tertiary/aromatic N) is 2. The van der Waals surface area contributed by atoms with Crippen LogP contribution in [0.5, 0.6) is 5.75 Å². The molecule has 1 aromatic carbocycles. The SMILES string of the molecule is CC.CC1COC2Cn3cc(C=O)c(=O)c(O)c3C(=O)N12.CNCc1ccc(F)cc1F. The van der Waals surface area contributed by atoms with Crippen molar-refractivity contribution in [2.75, 3.05) is 13.7 Å². The molecule has 2 aromatic rings. The van der Waals surface area contributed by atoms with Gasteiger partial charge in [-0.25, -0.2) is 8.78 Å². The van der Waals surface area contributed by atoms with Gasteiger partial charge in [0.1, 0.15) is 11.6 Å². The summed E-state index contributed by atoms with van der Waals surface area (Å²) in [7, 11) is 1.71. The largest absolute Gasteiger partial charge is 0.503 e. The highest BCUT2D eigenvalue weighted by Crippen LogP contribution is 2.29. The van der Waals surface area contributed by atoms with Gasteiger partial charge in [0, 0.05) is 24.4 Å². The van der Waals surface area contributed by atoms with E-state index in [4.69, 9.17) is 4.74 Å². The van der Waals surface area contributed by atoms with Crippen molar-refractivity contribution in [1.29, 1.82) is 0 Å². The molecule has 0 bridgehead atoms. The maximum atomic E-state index is 12.8. The normalized spacial score (nSPS) is 18.6. The molecule has 2 atom stereocenters. The lowest BCUT2D eigenvalue weighted by Gasteiger charge is -2.33. The Bertz CT molecular complexity index is 1040. The Kier molecular flexibility index (Phi) is 8.62. The fourth-order valence-electron chi connectivity index (χ4n) is 3.44. The van der Waals surface area contributed by atoms with Crippen molar-refractivity contribution in [1.82, 2.24) is 14.8 Å². The third-order valence-corrected chi connectivity index (χ3v) is 4.90. The molecule has 2 aliphatic rings. The van der Waals surface area contributed by atoms with E-state index < -0.39 is 34.9 Å². The van der Waals surface area contributed by atoms with Crippen molar-refractivity contribution >= 4 is 12.2 Å². The number of hydrogen-bond donors (Lipinski definition) is 2. The molecule has 8 nitrogen and oxygen atoms in total. The first-order valence-electron chi connectivity index (χ1n) is 10.2. The second kappa shape index (κ2) is 11.0. The molecule has 1 aromatic heterocycles. The highest BCUT2D eigenvalue weighted by molar-refractivity contribution is 5.97. The van der Waals surface area contributed by atoms with Crippen molar-refractivity contribution in [3.8, 4) is 5.75 Å². The average Bonchev–Trinajstić information content (AvgIpc) is 3.15. The molecular formula is C22H27F2N3O5. The highest BCUT2D eigenvalue weighted by Gasteiger charge is 2.42. The van der Waals surface area contributed by atoms with E-state index in [1.807, 2.05) is 20.8 Å². The van der Waals surface area contributed by atoms with Crippen LogP contribution in [-0.4, -0.2) is 52.7 Å². The number of aldehydes is 1. The van der Waals surface area contributed by atoms with Crippen molar-refractivity contribution < 1.29 is 28.2 Å². The number of nitrogens with one attached hydrogen (secondary N) is 1. The smallest absolute Gasteiger partial charge is 0.276 e. The summed E-state index contributed by atoms with van der Waals surface area (Å²) >= 11 is 0. The summed E-state index contributed by atoms with van der Waals surface area (Å²) in [5.74, 6) is -2.16. The van der Waals surface area contributed by atoms with Crippen molar-refractivity contribution in [3.63, 3.8) is 0 Å². The lowest BCUT2D eigenvalue weighted by atomic mass is 10.1. The van der Waals surface area contributed by atoms with Crippen LogP contribution in [0.4, 0.5) is 8.78 Å². The van der Waals surface area contributed by atoms with E-state index >= 15 is 0 Å². The van der Waals surface area contributed by atoms with E-state index in [2.05, 4.69) is 5.32 Å². The first kappa shape index (κ1) is 25.2. The first-order valence-corrected chi connectivity index (χ1v) is 10.2. The molecule has 1 amide bonds. The van der Waals surface area contributed by atoms with E-state index in [-0.39, 0.29) is 17.3 Å². The van der Waals surface area contributed by atoms with Crippen LogP contribution >= 0.6 is 0 Å². The quantitative estimate of drug-likeness (QED) is 0.695. The number of benzene rings is 1. The van der Waals surface area contributed by atoms with Crippen LogP contribution in [0.25, 0.3) is 0 Å². The Balaban J connectivity index is 0.000000239. The number of halogens is 2. The molecule has 2 unspecified atom stereocenters. The van der Waals surface area contributed by atoms with Crippen molar-refractivity contribution in [2.24, 2.45) is 0 Å². The van der Waals surface area contributed by atoms with Crippen LogP contribution in [0.15, 0.2) is 29.2 Å². The number of aromatic nitrogens is 1. The molecule has 0 spiro atoms. The molecule has 3 heterocycles. The number of carbonyl (C=O) groups excluding carboxylic acids is 2. The second-order valence-electron chi connectivity index (χ2n) is 7.00. The number of carbonyl (C=O) groups is 2. The Morgan fingerprint density at radius 2 is 1.97 bits per heavy atom. The lowest BCUT2D eigenvalue weighted by molar-refractivity contribution is 0.00628. The minimum atomic E-state index is -0.819. The van der Waals surface area contributed by atoms with Gasteiger partial charge in [-0.05, 0) is 20.0 Å². The number of amides is 1.